The molecule has 0 saturated heterocycles. The highest BCUT2D eigenvalue weighted by Gasteiger charge is 2.14. The maximum absolute atomic E-state index is 9.29. The monoisotopic (exact) mass is 186 g/mol. The fourth-order valence-electron chi connectivity index (χ4n) is 1.83. The molecule has 1 aliphatic carbocycles. The lowest BCUT2D eigenvalue weighted by atomic mass is 10.1. The molecule has 0 spiro atoms. The zero-order valence-electron chi connectivity index (χ0n) is 8.67. The van der Waals surface area contributed by atoms with Crippen molar-refractivity contribution < 1.29 is 9.84 Å². The van der Waals surface area contributed by atoms with Gasteiger partial charge in [-0.25, -0.2) is 0 Å². The van der Waals surface area contributed by atoms with Crippen LogP contribution in [0, 0.1) is 0 Å². The number of hydrogen-bond donors (Lipinski definition) is 1. The lowest BCUT2D eigenvalue weighted by molar-refractivity contribution is 0.0474. The van der Waals surface area contributed by atoms with E-state index in [-0.39, 0.29) is 6.10 Å². The van der Waals surface area contributed by atoms with Gasteiger partial charge < -0.3 is 9.84 Å². The van der Waals surface area contributed by atoms with Gasteiger partial charge in [-0.1, -0.05) is 19.8 Å². The maximum atomic E-state index is 9.29. The van der Waals surface area contributed by atoms with Crippen LogP contribution in [0.15, 0.2) is 0 Å². The molecule has 13 heavy (non-hydrogen) atoms. The molecule has 1 rings (SSSR count). The van der Waals surface area contributed by atoms with Crippen molar-refractivity contribution in [3.8, 4) is 0 Å². The third kappa shape index (κ3) is 4.63. The van der Waals surface area contributed by atoms with Crippen LogP contribution in [0.2, 0.25) is 0 Å². The smallest absolute Gasteiger partial charge is 0.0575 e. The molecule has 1 saturated carbocycles. The summed E-state index contributed by atoms with van der Waals surface area (Å²) >= 11 is 0. The van der Waals surface area contributed by atoms with Crippen LogP contribution in [-0.2, 0) is 4.74 Å². The zero-order valence-corrected chi connectivity index (χ0v) is 8.67. The average molecular weight is 186 g/mol. The fourth-order valence-corrected chi connectivity index (χ4v) is 1.83. The summed E-state index contributed by atoms with van der Waals surface area (Å²) in [7, 11) is 0. The van der Waals surface area contributed by atoms with Gasteiger partial charge in [0.15, 0.2) is 0 Å². The van der Waals surface area contributed by atoms with E-state index in [9.17, 15) is 5.11 Å². The first-order valence-electron chi connectivity index (χ1n) is 5.62. The van der Waals surface area contributed by atoms with E-state index in [1.807, 2.05) is 6.92 Å². The summed E-state index contributed by atoms with van der Waals surface area (Å²) in [6.07, 6.45) is 8.33. The van der Waals surface area contributed by atoms with Crippen molar-refractivity contribution in [1.29, 1.82) is 0 Å². The molecular formula is C11H22O2. The summed E-state index contributed by atoms with van der Waals surface area (Å²) in [5, 5.41) is 9.29. The first-order chi connectivity index (χ1) is 6.33. The first-order valence-corrected chi connectivity index (χ1v) is 5.62. The third-order valence-electron chi connectivity index (χ3n) is 2.81. The minimum atomic E-state index is -0.118. The van der Waals surface area contributed by atoms with Gasteiger partial charge in [-0.3, -0.25) is 0 Å². The van der Waals surface area contributed by atoms with Gasteiger partial charge in [-0.05, 0) is 32.1 Å². The second-order valence-electron chi connectivity index (χ2n) is 3.98. The molecule has 0 bridgehead atoms. The summed E-state index contributed by atoms with van der Waals surface area (Å²) in [4.78, 5) is 0. The van der Waals surface area contributed by atoms with Crippen molar-refractivity contribution in [2.45, 2.75) is 64.1 Å². The van der Waals surface area contributed by atoms with Crippen LogP contribution >= 0.6 is 0 Å². The Morgan fingerprint density at radius 1 is 1.38 bits per heavy atom. The Bertz CT molecular complexity index is 119. The Hall–Kier alpha value is -0.0800. The highest BCUT2D eigenvalue weighted by atomic mass is 16.5. The Kier molecular flexibility index (Phi) is 5.40. The Morgan fingerprint density at radius 2 is 2.08 bits per heavy atom. The molecule has 78 valence electrons. The molecule has 0 heterocycles. The molecule has 1 aliphatic rings. The van der Waals surface area contributed by atoms with Crippen molar-refractivity contribution in [3.63, 3.8) is 0 Å². The Morgan fingerprint density at radius 3 is 2.69 bits per heavy atom. The number of aliphatic hydroxyl groups is 1. The van der Waals surface area contributed by atoms with Crippen molar-refractivity contribution in [3.05, 3.63) is 0 Å². The molecule has 1 unspecified atom stereocenters. The van der Waals surface area contributed by atoms with E-state index in [2.05, 4.69) is 0 Å². The van der Waals surface area contributed by atoms with Crippen LogP contribution in [0.3, 0.4) is 0 Å². The average Bonchev–Trinajstić information content (AvgIpc) is 2.64. The predicted octanol–water partition coefficient (Wildman–Crippen LogP) is 2.50. The second-order valence-corrected chi connectivity index (χ2v) is 3.98. The first kappa shape index (κ1) is 11.0. The lowest BCUT2D eigenvalue weighted by Gasteiger charge is -2.12. The third-order valence-corrected chi connectivity index (χ3v) is 2.81. The van der Waals surface area contributed by atoms with Crippen LogP contribution < -0.4 is 0 Å². The van der Waals surface area contributed by atoms with Gasteiger partial charge in [0.1, 0.15) is 0 Å². The molecule has 1 atom stereocenters. The number of rotatable bonds is 6. The second kappa shape index (κ2) is 6.39. The predicted molar refractivity (Wildman–Crippen MR) is 53.7 cm³/mol. The Labute approximate surface area is 81.3 Å². The molecule has 1 N–H and O–H groups in total. The topological polar surface area (TPSA) is 29.5 Å². The van der Waals surface area contributed by atoms with Crippen molar-refractivity contribution >= 4 is 0 Å². The highest BCUT2D eigenvalue weighted by molar-refractivity contribution is 4.66. The number of aliphatic hydroxyl groups excluding tert-OH is 1. The van der Waals surface area contributed by atoms with Gasteiger partial charge in [0, 0.05) is 6.61 Å². The van der Waals surface area contributed by atoms with Crippen LogP contribution in [0.5, 0.6) is 0 Å². The number of hydrogen-bond acceptors (Lipinski definition) is 2. The van der Waals surface area contributed by atoms with Crippen molar-refractivity contribution in [1.82, 2.24) is 0 Å². The van der Waals surface area contributed by atoms with Crippen molar-refractivity contribution in [2.24, 2.45) is 0 Å². The summed E-state index contributed by atoms with van der Waals surface area (Å²) in [5.41, 5.74) is 0. The molecule has 0 amide bonds. The van der Waals surface area contributed by atoms with Gasteiger partial charge in [0.05, 0.1) is 12.2 Å². The Balaban J connectivity index is 1.88. The summed E-state index contributed by atoms with van der Waals surface area (Å²) < 4.78 is 5.69. The minimum Gasteiger partial charge on any atom is -0.393 e. The molecular weight excluding hydrogens is 164 g/mol. The molecule has 0 radical (unpaired) electrons. The van der Waals surface area contributed by atoms with Gasteiger partial charge in [0.25, 0.3) is 0 Å². The van der Waals surface area contributed by atoms with Gasteiger partial charge in [-0.15, -0.1) is 0 Å². The normalized spacial score (nSPS) is 20.8. The highest BCUT2D eigenvalue weighted by Crippen LogP contribution is 2.21. The SMILES string of the molecule is CCC(O)CCCOC1CCCC1. The molecule has 0 aliphatic heterocycles. The summed E-state index contributed by atoms with van der Waals surface area (Å²) in [6.45, 7) is 2.85. The van der Waals surface area contributed by atoms with E-state index in [0.717, 1.165) is 25.9 Å². The van der Waals surface area contributed by atoms with E-state index in [1.54, 1.807) is 0 Å². The van der Waals surface area contributed by atoms with Crippen LogP contribution in [0.25, 0.3) is 0 Å². The van der Waals surface area contributed by atoms with Crippen LogP contribution in [0.1, 0.15) is 51.9 Å². The number of ether oxygens (including phenoxy) is 1. The van der Waals surface area contributed by atoms with Crippen LogP contribution in [-0.4, -0.2) is 23.9 Å². The van der Waals surface area contributed by atoms with Gasteiger partial charge in [-0.2, -0.15) is 0 Å². The standard InChI is InChI=1S/C11H22O2/c1-2-10(12)6-5-9-13-11-7-3-4-8-11/h10-12H,2-9H2,1H3. The molecule has 0 aromatic heterocycles. The zero-order chi connectivity index (χ0) is 9.52. The maximum Gasteiger partial charge on any atom is 0.0575 e. The molecule has 2 nitrogen and oxygen atoms in total. The van der Waals surface area contributed by atoms with Gasteiger partial charge >= 0.3 is 0 Å². The van der Waals surface area contributed by atoms with E-state index in [0.29, 0.717) is 6.10 Å². The van der Waals surface area contributed by atoms with Crippen molar-refractivity contribution in [2.75, 3.05) is 6.61 Å². The van der Waals surface area contributed by atoms with E-state index in [4.69, 9.17) is 4.74 Å². The molecule has 2 heteroatoms. The van der Waals surface area contributed by atoms with Crippen LogP contribution in [0.4, 0.5) is 0 Å². The van der Waals surface area contributed by atoms with Gasteiger partial charge in [0.2, 0.25) is 0 Å². The minimum absolute atomic E-state index is 0.118. The summed E-state index contributed by atoms with van der Waals surface area (Å²) in [6, 6.07) is 0. The molecule has 1 fully saturated rings. The summed E-state index contributed by atoms with van der Waals surface area (Å²) in [5.74, 6) is 0. The van der Waals surface area contributed by atoms with E-state index >= 15 is 0 Å². The largest absolute Gasteiger partial charge is 0.393 e. The quantitative estimate of drug-likeness (QED) is 0.646. The molecule has 0 aromatic carbocycles. The fraction of sp³-hybridized carbons (Fsp3) is 1.00. The van der Waals surface area contributed by atoms with E-state index < -0.39 is 0 Å². The van der Waals surface area contributed by atoms with E-state index in [1.165, 1.54) is 25.7 Å². The molecule has 0 aromatic rings. The lowest BCUT2D eigenvalue weighted by Crippen LogP contribution is -2.11.